The molecular weight excluding hydrogens is 220 g/mol. The normalized spacial score (nSPS) is 19.1. The Labute approximate surface area is 103 Å². The van der Waals surface area contributed by atoms with Gasteiger partial charge in [0, 0.05) is 25.4 Å². The summed E-state index contributed by atoms with van der Waals surface area (Å²) in [7, 11) is 1.85. The van der Waals surface area contributed by atoms with Crippen LogP contribution in [0, 0.1) is 11.8 Å². The van der Waals surface area contributed by atoms with E-state index in [-0.39, 0.29) is 17.7 Å². The minimum atomic E-state index is 0.104. The number of carbonyl (C=O) groups is 1. The van der Waals surface area contributed by atoms with Crippen LogP contribution in [0.2, 0.25) is 0 Å². The Kier molecular flexibility index (Phi) is 5.19. The molecule has 1 unspecified atom stereocenters. The first kappa shape index (κ1) is 13.4. The molecule has 92 valence electrons. The molecule has 1 fully saturated rings. The summed E-state index contributed by atoms with van der Waals surface area (Å²) in [5.74, 6) is 0.604. The minimum absolute atomic E-state index is 0.104. The smallest absolute Gasteiger partial charge is 0.225 e. The molecule has 0 spiro atoms. The lowest BCUT2D eigenvalue weighted by atomic mass is 9.88. The number of thiocarbonyl (C=S) groups is 1. The number of nitrogens with two attached hydrogens (primary N) is 1. The Bertz CT molecular complexity index is 262. The van der Waals surface area contributed by atoms with Gasteiger partial charge in [-0.25, -0.2) is 0 Å². The number of hydrogen-bond acceptors (Lipinski definition) is 2. The molecule has 16 heavy (non-hydrogen) atoms. The van der Waals surface area contributed by atoms with E-state index in [2.05, 4.69) is 0 Å². The molecule has 0 bridgehead atoms. The van der Waals surface area contributed by atoms with E-state index < -0.39 is 0 Å². The van der Waals surface area contributed by atoms with E-state index >= 15 is 0 Å². The molecule has 0 aromatic rings. The van der Waals surface area contributed by atoms with Crippen LogP contribution < -0.4 is 5.73 Å². The summed E-state index contributed by atoms with van der Waals surface area (Å²) in [6.45, 7) is 2.61. The lowest BCUT2D eigenvalue weighted by Gasteiger charge is -2.28. The summed E-state index contributed by atoms with van der Waals surface area (Å²) in [6, 6.07) is 0. The largest absolute Gasteiger partial charge is 0.393 e. The highest BCUT2D eigenvalue weighted by atomic mass is 32.1. The first-order valence-corrected chi connectivity index (χ1v) is 6.47. The molecule has 2 N–H and O–H groups in total. The van der Waals surface area contributed by atoms with E-state index in [4.69, 9.17) is 18.0 Å². The number of carbonyl (C=O) groups excluding carboxylic acids is 1. The molecule has 1 rings (SSSR count). The first-order chi connectivity index (χ1) is 7.52. The number of amides is 1. The van der Waals surface area contributed by atoms with Crippen LogP contribution >= 0.6 is 12.2 Å². The van der Waals surface area contributed by atoms with Gasteiger partial charge in [0.25, 0.3) is 0 Å². The van der Waals surface area contributed by atoms with Crippen LogP contribution in [-0.4, -0.2) is 29.4 Å². The van der Waals surface area contributed by atoms with Crippen LogP contribution in [0.3, 0.4) is 0 Å². The van der Waals surface area contributed by atoms with Crippen molar-refractivity contribution >= 4 is 23.1 Å². The van der Waals surface area contributed by atoms with Crippen molar-refractivity contribution in [3.8, 4) is 0 Å². The second-order valence-electron chi connectivity index (χ2n) is 4.86. The van der Waals surface area contributed by atoms with Gasteiger partial charge < -0.3 is 10.6 Å². The molecule has 0 saturated heterocycles. The van der Waals surface area contributed by atoms with Gasteiger partial charge in [0.05, 0.1) is 4.99 Å². The predicted molar refractivity (Wildman–Crippen MR) is 70.2 cm³/mol. The van der Waals surface area contributed by atoms with Gasteiger partial charge in [0.1, 0.15) is 0 Å². The average molecular weight is 242 g/mol. The fourth-order valence-electron chi connectivity index (χ4n) is 2.25. The molecule has 1 saturated carbocycles. The second kappa shape index (κ2) is 6.18. The lowest BCUT2D eigenvalue weighted by molar-refractivity contribution is -0.135. The van der Waals surface area contributed by atoms with Gasteiger partial charge in [-0.05, 0) is 12.8 Å². The van der Waals surface area contributed by atoms with E-state index in [1.165, 1.54) is 19.3 Å². The summed E-state index contributed by atoms with van der Waals surface area (Å²) in [4.78, 5) is 14.4. The molecule has 0 aromatic heterocycles. The maximum absolute atomic E-state index is 12.1. The summed E-state index contributed by atoms with van der Waals surface area (Å²) >= 11 is 4.92. The fraction of sp³-hybridized carbons (Fsp3) is 0.833. The Morgan fingerprint density at radius 1 is 1.44 bits per heavy atom. The van der Waals surface area contributed by atoms with E-state index in [0.29, 0.717) is 11.5 Å². The predicted octanol–water partition coefficient (Wildman–Crippen LogP) is 1.95. The fourth-order valence-corrected chi connectivity index (χ4v) is 2.33. The van der Waals surface area contributed by atoms with Crippen LogP contribution in [0.15, 0.2) is 0 Å². The van der Waals surface area contributed by atoms with Crippen molar-refractivity contribution in [2.75, 3.05) is 13.6 Å². The molecule has 0 aliphatic heterocycles. The summed E-state index contributed by atoms with van der Waals surface area (Å²) < 4.78 is 0. The topological polar surface area (TPSA) is 46.3 Å². The molecule has 0 aromatic carbocycles. The molecule has 4 heteroatoms. The molecule has 0 heterocycles. The third kappa shape index (κ3) is 3.74. The monoisotopic (exact) mass is 242 g/mol. The van der Waals surface area contributed by atoms with Gasteiger partial charge in [-0.3, -0.25) is 4.79 Å². The summed E-state index contributed by atoms with van der Waals surface area (Å²) in [5.41, 5.74) is 5.56. The quantitative estimate of drug-likeness (QED) is 0.766. The molecule has 1 amide bonds. The molecular formula is C12H22N2OS. The Morgan fingerprint density at radius 3 is 2.50 bits per heavy atom. The van der Waals surface area contributed by atoms with Crippen LogP contribution in [0.25, 0.3) is 0 Å². The van der Waals surface area contributed by atoms with Crippen LogP contribution in [0.5, 0.6) is 0 Å². The van der Waals surface area contributed by atoms with Crippen molar-refractivity contribution in [2.24, 2.45) is 17.6 Å². The molecule has 1 atom stereocenters. The number of hydrogen-bond donors (Lipinski definition) is 1. The Morgan fingerprint density at radius 2 is 2.00 bits per heavy atom. The zero-order valence-corrected chi connectivity index (χ0v) is 11.1. The Hall–Kier alpha value is -0.640. The van der Waals surface area contributed by atoms with Crippen LogP contribution in [0.4, 0.5) is 0 Å². The zero-order valence-electron chi connectivity index (χ0n) is 10.2. The van der Waals surface area contributed by atoms with Crippen molar-refractivity contribution in [3.63, 3.8) is 0 Å². The van der Waals surface area contributed by atoms with Gasteiger partial charge >= 0.3 is 0 Å². The van der Waals surface area contributed by atoms with Gasteiger partial charge in [-0.2, -0.15) is 0 Å². The third-order valence-electron chi connectivity index (χ3n) is 3.36. The van der Waals surface area contributed by atoms with E-state index in [9.17, 15) is 4.79 Å². The first-order valence-electron chi connectivity index (χ1n) is 6.06. The number of rotatable bonds is 4. The van der Waals surface area contributed by atoms with E-state index in [1.807, 2.05) is 14.0 Å². The highest BCUT2D eigenvalue weighted by molar-refractivity contribution is 7.80. The van der Waals surface area contributed by atoms with Gasteiger partial charge in [-0.1, -0.05) is 38.4 Å². The van der Waals surface area contributed by atoms with Crippen molar-refractivity contribution in [1.82, 2.24) is 4.90 Å². The molecule has 1 aliphatic carbocycles. The zero-order chi connectivity index (χ0) is 12.1. The SMILES string of the molecule is CC(CN(C)C(=O)C1CCCCC1)C(N)=S. The van der Waals surface area contributed by atoms with Crippen LogP contribution in [-0.2, 0) is 4.79 Å². The average Bonchev–Trinajstić information content (AvgIpc) is 2.28. The minimum Gasteiger partial charge on any atom is -0.393 e. The second-order valence-corrected chi connectivity index (χ2v) is 5.33. The van der Waals surface area contributed by atoms with Crippen LogP contribution in [0.1, 0.15) is 39.0 Å². The van der Waals surface area contributed by atoms with Crippen molar-refractivity contribution in [3.05, 3.63) is 0 Å². The highest BCUT2D eigenvalue weighted by Crippen LogP contribution is 2.25. The molecule has 1 aliphatic rings. The lowest BCUT2D eigenvalue weighted by Crippen LogP contribution is -2.39. The molecule has 0 radical (unpaired) electrons. The Balaban J connectivity index is 2.43. The maximum atomic E-state index is 12.1. The van der Waals surface area contributed by atoms with Gasteiger partial charge in [0.15, 0.2) is 0 Å². The maximum Gasteiger partial charge on any atom is 0.225 e. The standard InChI is InChI=1S/C12H22N2OS/c1-9(11(13)16)8-14(2)12(15)10-6-4-3-5-7-10/h9-10H,3-8H2,1-2H3,(H2,13,16). The van der Waals surface area contributed by atoms with Crippen molar-refractivity contribution in [1.29, 1.82) is 0 Å². The summed E-state index contributed by atoms with van der Waals surface area (Å²) in [5, 5.41) is 0. The highest BCUT2D eigenvalue weighted by Gasteiger charge is 2.24. The molecule has 3 nitrogen and oxygen atoms in total. The van der Waals surface area contributed by atoms with E-state index in [1.54, 1.807) is 4.90 Å². The summed E-state index contributed by atoms with van der Waals surface area (Å²) in [6.07, 6.45) is 5.75. The van der Waals surface area contributed by atoms with Crippen molar-refractivity contribution < 1.29 is 4.79 Å². The third-order valence-corrected chi connectivity index (χ3v) is 3.77. The van der Waals surface area contributed by atoms with E-state index in [0.717, 1.165) is 12.8 Å². The van der Waals surface area contributed by atoms with Crippen molar-refractivity contribution in [2.45, 2.75) is 39.0 Å². The number of nitrogens with zero attached hydrogens (tertiary/aromatic N) is 1. The van der Waals surface area contributed by atoms with Gasteiger partial charge in [-0.15, -0.1) is 0 Å². The van der Waals surface area contributed by atoms with Gasteiger partial charge in [0.2, 0.25) is 5.91 Å².